The van der Waals surface area contributed by atoms with Crippen LogP contribution in [-0.2, 0) is 14.3 Å². The fourth-order valence-corrected chi connectivity index (χ4v) is 1.08. The van der Waals surface area contributed by atoms with Crippen LogP contribution in [0.3, 0.4) is 0 Å². The van der Waals surface area contributed by atoms with Crippen LogP contribution in [0.15, 0.2) is 12.2 Å². The van der Waals surface area contributed by atoms with E-state index in [9.17, 15) is 19.8 Å². The number of carbonyl (C=O) groups is 2. The number of allylic oxidation sites excluding steroid dienone is 1. The van der Waals surface area contributed by atoms with Gasteiger partial charge in [0.05, 0.1) is 7.11 Å². The van der Waals surface area contributed by atoms with Gasteiger partial charge in [-0.25, -0.2) is 4.79 Å². The summed E-state index contributed by atoms with van der Waals surface area (Å²) in [6.45, 7) is 4.74. The second-order valence-corrected chi connectivity index (χ2v) is 3.93. The van der Waals surface area contributed by atoms with E-state index in [1.54, 1.807) is 0 Å². The van der Waals surface area contributed by atoms with E-state index in [-0.39, 0.29) is 5.92 Å². The van der Waals surface area contributed by atoms with Crippen molar-refractivity contribution >= 4 is 11.8 Å². The molecule has 5 nitrogen and oxygen atoms in total. The number of aliphatic hydroxyl groups excluding tert-OH is 1. The lowest BCUT2D eigenvalue weighted by atomic mass is 9.92. The van der Waals surface area contributed by atoms with Crippen molar-refractivity contribution in [2.24, 2.45) is 5.92 Å². The van der Waals surface area contributed by atoms with Crippen LogP contribution in [0.4, 0.5) is 0 Å². The van der Waals surface area contributed by atoms with Crippen LogP contribution in [-0.4, -0.2) is 40.8 Å². The summed E-state index contributed by atoms with van der Waals surface area (Å²) in [6, 6.07) is 0. The second-order valence-electron chi connectivity index (χ2n) is 3.93. The largest absolute Gasteiger partial charge is 0.467 e. The molecule has 5 heteroatoms. The minimum absolute atomic E-state index is 0.0651. The molecule has 0 fully saturated rings. The summed E-state index contributed by atoms with van der Waals surface area (Å²) in [5.41, 5.74) is -2.31. The molecule has 0 aromatic rings. The Morgan fingerprint density at radius 2 is 1.88 bits per heavy atom. The van der Waals surface area contributed by atoms with Gasteiger partial charge in [-0.2, -0.15) is 0 Å². The molecule has 0 aliphatic carbocycles. The molecule has 0 saturated heterocycles. The maximum absolute atomic E-state index is 11.4. The fraction of sp³-hybridized carbons (Fsp3) is 0.636. The topological polar surface area (TPSA) is 83.8 Å². The first kappa shape index (κ1) is 14.8. The Labute approximate surface area is 94.7 Å². The van der Waals surface area contributed by atoms with E-state index in [2.05, 4.69) is 4.74 Å². The number of methoxy groups -OCH3 is 1. The van der Waals surface area contributed by atoms with Gasteiger partial charge in [-0.3, -0.25) is 4.79 Å². The SMILES string of the molecule is COC(=O)[C@@](O)(/C=C/C(C)C)[C@@H](O)C(C)=O. The van der Waals surface area contributed by atoms with Gasteiger partial charge < -0.3 is 14.9 Å². The molecule has 0 saturated carbocycles. The van der Waals surface area contributed by atoms with E-state index < -0.39 is 23.5 Å². The van der Waals surface area contributed by atoms with E-state index in [4.69, 9.17) is 0 Å². The highest BCUT2D eigenvalue weighted by atomic mass is 16.5. The first-order chi connectivity index (χ1) is 7.25. The molecule has 0 amide bonds. The van der Waals surface area contributed by atoms with Crippen molar-refractivity contribution in [2.45, 2.75) is 32.5 Å². The molecule has 92 valence electrons. The number of ether oxygens (including phenoxy) is 1. The normalized spacial score (nSPS) is 17.2. The molecule has 0 aromatic carbocycles. The molecule has 2 atom stereocenters. The van der Waals surface area contributed by atoms with Gasteiger partial charge in [-0.05, 0) is 18.9 Å². The third-order valence-electron chi connectivity index (χ3n) is 2.05. The van der Waals surface area contributed by atoms with Gasteiger partial charge in [0.1, 0.15) is 0 Å². The maximum atomic E-state index is 11.4. The smallest absolute Gasteiger partial charge is 0.345 e. The minimum atomic E-state index is -2.31. The average molecular weight is 230 g/mol. The zero-order valence-corrected chi connectivity index (χ0v) is 9.93. The van der Waals surface area contributed by atoms with Gasteiger partial charge in [0.2, 0.25) is 5.60 Å². The van der Waals surface area contributed by atoms with Gasteiger partial charge in [0.15, 0.2) is 11.9 Å². The lowest BCUT2D eigenvalue weighted by molar-refractivity contribution is -0.170. The van der Waals surface area contributed by atoms with Crippen LogP contribution in [0.25, 0.3) is 0 Å². The van der Waals surface area contributed by atoms with Gasteiger partial charge in [0, 0.05) is 0 Å². The molecule has 0 aliphatic rings. The number of hydrogen-bond acceptors (Lipinski definition) is 5. The molecule has 16 heavy (non-hydrogen) atoms. The van der Waals surface area contributed by atoms with Crippen LogP contribution in [0.5, 0.6) is 0 Å². The third-order valence-corrected chi connectivity index (χ3v) is 2.05. The van der Waals surface area contributed by atoms with Crippen LogP contribution in [0, 0.1) is 5.92 Å². The molecule has 0 aliphatic heterocycles. The van der Waals surface area contributed by atoms with E-state index in [1.807, 2.05) is 13.8 Å². The number of aliphatic hydroxyl groups is 2. The Hall–Kier alpha value is -1.20. The van der Waals surface area contributed by atoms with Crippen molar-refractivity contribution in [1.29, 1.82) is 0 Å². The number of rotatable bonds is 5. The lowest BCUT2D eigenvalue weighted by Gasteiger charge is -2.25. The highest BCUT2D eigenvalue weighted by Crippen LogP contribution is 2.17. The molecule has 0 aromatic heterocycles. The van der Waals surface area contributed by atoms with E-state index in [0.29, 0.717) is 0 Å². The first-order valence-electron chi connectivity index (χ1n) is 4.94. The molecule has 2 N–H and O–H groups in total. The van der Waals surface area contributed by atoms with Gasteiger partial charge in [-0.1, -0.05) is 19.9 Å². The number of ketones is 1. The lowest BCUT2D eigenvalue weighted by Crippen LogP contribution is -2.51. The first-order valence-corrected chi connectivity index (χ1v) is 4.94. The predicted octanol–water partition coefficient (Wildman–Crippen LogP) is 0.0526. The number of hydrogen-bond donors (Lipinski definition) is 2. The van der Waals surface area contributed by atoms with E-state index >= 15 is 0 Å². The predicted molar refractivity (Wildman–Crippen MR) is 57.6 cm³/mol. The van der Waals surface area contributed by atoms with E-state index in [1.165, 1.54) is 6.08 Å². The fourth-order valence-electron chi connectivity index (χ4n) is 1.08. The Morgan fingerprint density at radius 1 is 1.38 bits per heavy atom. The zero-order valence-electron chi connectivity index (χ0n) is 9.93. The van der Waals surface area contributed by atoms with Gasteiger partial charge >= 0.3 is 5.97 Å². The molecular weight excluding hydrogens is 212 g/mol. The Kier molecular flexibility index (Phi) is 5.33. The molecule has 0 spiro atoms. The summed E-state index contributed by atoms with van der Waals surface area (Å²) in [6.07, 6.45) is 0.786. The Bertz CT molecular complexity index is 295. The van der Waals surface area contributed by atoms with Crippen molar-refractivity contribution < 1.29 is 24.5 Å². The van der Waals surface area contributed by atoms with Crippen molar-refractivity contribution in [1.82, 2.24) is 0 Å². The molecule has 0 rings (SSSR count). The average Bonchev–Trinajstić information content (AvgIpc) is 2.23. The van der Waals surface area contributed by atoms with Gasteiger partial charge in [-0.15, -0.1) is 0 Å². The monoisotopic (exact) mass is 230 g/mol. The standard InChI is InChI=1S/C11H18O5/c1-7(2)5-6-11(15,10(14)16-4)9(13)8(3)12/h5-7,9,13,15H,1-4H3/b6-5+/t9-,11+/m0/s1. The molecule has 0 unspecified atom stereocenters. The second kappa shape index (κ2) is 5.77. The Morgan fingerprint density at radius 3 is 2.19 bits per heavy atom. The van der Waals surface area contributed by atoms with Crippen molar-refractivity contribution in [2.75, 3.05) is 7.11 Å². The van der Waals surface area contributed by atoms with E-state index in [0.717, 1.165) is 20.1 Å². The number of carbonyl (C=O) groups excluding carboxylic acids is 2. The van der Waals surface area contributed by atoms with Crippen LogP contribution in [0.2, 0.25) is 0 Å². The summed E-state index contributed by atoms with van der Waals surface area (Å²) in [4.78, 5) is 22.4. The van der Waals surface area contributed by atoms with Crippen LogP contribution >= 0.6 is 0 Å². The highest BCUT2D eigenvalue weighted by Gasteiger charge is 2.44. The number of Topliss-reactive ketones (excluding diaryl/α,β-unsaturated/α-hetero) is 1. The van der Waals surface area contributed by atoms with Crippen molar-refractivity contribution in [3.05, 3.63) is 12.2 Å². The summed E-state index contributed by atoms with van der Waals surface area (Å²) >= 11 is 0. The minimum Gasteiger partial charge on any atom is -0.467 e. The summed E-state index contributed by atoms with van der Waals surface area (Å²) < 4.78 is 4.37. The van der Waals surface area contributed by atoms with Crippen molar-refractivity contribution in [3.63, 3.8) is 0 Å². The third kappa shape index (κ3) is 3.43. The molecule has 0 radical (unpaired) electrons. The zero-order chi connectivity index (χ0) is 12.9. The maximum Gasteiger partial charge on any atom is 0.345 e. The highest BCUT2D eigenvalue weighted by molar-refractivity contribution is 5.92. The quantitative estimate of drug-likeness (QED) is 0.515. The summed E-state index contributed by atoms with van der Waals surface area (Å²) in [5.74, 6) is -1.70. The summed E-state index contributed by atoms with van der Waals surface area (Å²) in [7, 11) is 1.07. The van der Waals surface area contributed by atoms with Crippen LogP contribution in [0.1, 0.15) is 20.8 Å². The molecule has 0 heterocycles. The Balaban J connectivity index is 5.19. The molecular formula is C11H18O5. The van der Waals surface area contributed by atoms with Crippen molar-refractivity contribution in [3.8, 4) is 0 Å². The summed E-state index contributed by atoms with van der Waals surface area (Å²) in [5, 5.41) is 19.4. The van der Waals surface area contributed by atoms with Crippen LogP contribution < -0.4 is 0 Å². The van der Waals surface area contributed by atoms with Gasteiger partial charge in [0.25, 0.3) is 0 Å². The number of esters is 1. The molecule has 0 bridgehead atoms.